The summed E-state index contributed by atoms with van der Waals surface area (Å²) in [4.78, 5) is 11.1. The molecule has 0 aromatic heterocycles. The summed E-state index contributed by atoms with van der Waals surface area (Å²) >= 11 is 0. The fraction of sp³-hybridized carbons (Fsp3) is 0.500. The monoisotopic (exact) mass is 344 g/mol. The fourth-order valence-electron chi connectivity index (χ4n) is 1.65. The van der Waals surface area contributed by atoms with Crippen LogP contribution in [0, 0.1) is 0 Å². The van der Waals surface area contributed by atoms with Gasteiger partial charge in [-0.05, 0) is 31.5 Å². The van der Waals surface area contributed by atoms with Gasteiger partial charge in [0.2, 0.25) is 0 Å². The van der Waals surface area contributed by atoms with Gasteiger partial charge < -0.3 is 9.47 Å². The molecule has 0 atom stereocenters. The Labute approximate surface area is 128 Å². The van der Waals surface area contributed by atoms with Crippen LogP contribution in [0.2, 0.25) is 0 Å². The Morgan fingerprint density at radius 3 is 1.96 bits per heavy atom. The first-order valence-corrected chi connectivity index (χ1v) is 6.62. The number of benzene rings is 1. The van der Waals surface area contributed by atoms with Gasteiger partial charge in [0.05, 0.1) is 24.3 Å². The molecule has 130 valence electrons. The Morgan fingerprint density at radius 2 is 1.52 bits per heavy atom. The maximum Gasteiger partial charge on any atom is 0.416 e. The van der Waals surface area contributed by atoms with E-state index in [0.717, 1.165) is 0 Å². The third kappa shape index (κ3) is 6.37. The number of carbonyl (C=O) groups excluding carboxylic acids is 1. The SMILES string of the molecule is CCOC(=O)CCCOc1cc(C(F)(F)F)cc(C(F)(F)F)c1. The minimum Gasteiger partial charge on any atom is -0.494 e. The second-order valence-electron chi connectivity index (χ2n) is 4.50. The van der Waals surface area contributed by atoms with Crippen LogP contribution in [0.1, 0.15) is 30.9 Å². The standard InChI is InChI=1S/C14H14F6O3/c1-2-22-12(21)4-3-5-23-11-7-9(13(15,16)17)6-10(8-11)14(18,19)20/h6-8H,2-5H2,1H3. The zero-order valence-corrected chi connectivity index (χ0v) is 12.1. The van der Waals surface area contributed by atoms with Crippen molar-refractivity contribution in [2.75, 3.05) is 13.2 Å². The number of alkyl halides is 6. The van der Waals surface area contributed by atoms with Crippen molar-refractivity contribution < 1.29 is 40.6 Å². The van der Waals surface area contributed by atoms with Gasteiger partial charge in [0.1, 0.15) is 5.75 Å². The molecule has 0 bridgehead atoms. The van der Waals surface area contributed by atoms with Crippen molar-refractivity contribution in [2.45, 2.75) is 32.1 Å². The van der Waals surface area contributed by atoms with E-state index in [-0.39, 0.29) is 32.1 Å². The molecule has 23 heavy (non-hydrogen) atoms. The lowest BCUT2D eigenvalue weighted by Gasteiger charge is -2.14. The summed E-state index contributed by atoms with van der Waals surface area (Å²) in [6.45, 7) is 1.58. The minimum atomic E-state index is -4.93. The van der Waals surface area contributed by atoms with Gasteiger partial charge in [0.15, 0.2) is 0 Å². The van der Waals surface area contributed by atoms with Crippen LogP contribution in [0.15, 0.2) is 18.2 Å². The highest BCUT2D eigenvalue weighted by atomic mass is 19.4. The molecule has 0 saturated carbocycles. The Morgan fingerprint density at radius 1 is 1.00 bits per heavy atom. The van der Waals surface area contributed by atoms with Crippen LogP contribution in [0.4, 0.5) is 26.3 Å². The zero-order chi connectivity index (χ0) is 17.7. The van der Waals surface area contributed by atoms with Gasteiger partial charge >= 0.3 is 18.3 Å². The first-order chi connectivity index (χ1) is 10.5. The van der Waals surface area contributed by atoms with Crippen molar-refractivity contribution in [2.24, 2.45) is 0 Å². The highest BCUT2D eigenvalue weighted by Gasteiger charge is 2.37. The van der Waals surface area contributed by atoms with E-state index in [1.54, 1.807) is 6.92 Å². The number of carbonyl (C=O) groups is 1. The molecule has 0 aliphatic heterocycles. The van der Waals surface area contributed by atoms with Gasteiger partial charge in [-0.2, -0.15) is 26.3 Å². The van der Waals surface area contributed by atoms with Gasteiger partial charge in [0, 0.05) is 6.42 Å². The van der Waals surface area contributed by atoms with Crippen molar-refractivity contribution >= 4 is 5.97 Å². The Kier molecular flexibility index (Phi) is 6.28. The third-order valence-corrected chi connectivity index (χ3v) is 2.66. The van der Waals surface area contributed by atoms with E-state index in [0.29, 0.717) is 12.1 Å². The summed E-state index contributed by atoms with van der Waals surface area (Å²) in [5, 5.41) is 0. The molecule has 0 fully saturated rings. The lowest BCUT2D eigenvalue weighted by molar-refractivity contribution is -0.144. The van der Waals surface area contributed by atoms with Gasteiger partial charge in [0.25, 0.3) is 0 Å². The molecule has 1 aromatic carbocycles. The van der Waals surface area contributed by atoms with Crippen LogP contribution in [-0.4, -0.2) is 19.2 Å². The van der Waals surface area contributed by atoms with Crippen LogP contribution in [-0.2, 0) is 21.9 Å². The number of hydrogen-bond donors (Lipinski definition) is 0. The second-order valence-corrected chi connectivity index (χ2v) is 4.50. The quantitative estimate of drug-likeness (QED) is 0.435. The number of ether oxygens (including phenoxy) is 2. The van der Waals surface area contributed by atoms with E-state index >= 15 is 0 Å². The van der Waals surface area contributed by atoms with E-state index in [9.17, 15) is 31.1 Å². The molecule has 0 amide bonds. The number of hydrogen-bond acceptors (Lipinski definition) is 3. The largest absolute Gasteiger partial charge is 0.494 e. The third-order valence-electron chi connectivity index (χ3n) is 2.66. The van der Waals surface area contributed by atoms with Gasteiger partial charge in [-0.15, -0.1) is 0 Å². The highest BCUT2D eigenvalue weighted by Crippen LogP contribution is 2.38. The van der Waals surface area contributed by atoms with Crippen LogP contribution < -0.4 is 4.74 Å². The van der Waals surface area contributed by atoms with Gasteiger partial charge in [-0.25, -0.2) is 0 Å². The number of rotatable bonds is 6. The smallest absolute Gasteiger partial charge is 0.416 e. The lowest BCUT2D eigenvalue weighted by atomic mass is 10.1. The van der Waals surface area contributed by atoms with Gasteiger partial charge in [-0.1, -0.05) is 0 Å². The molecule has 0 unspecified atom stereocenters. The van der Waals surface area contributed by atoms with E-state index in [2.05, 4.69) is 4.74 Å². The molecule has 3 nitrogen and oxygen atoms in total. The molecule has 0 radical (unpaired) electrons. The summed E-state index contributed by atoms with van der Waals surface area (Å²) < 4.78 is 85.3. The highest BCUT2D eigenvalue weighted by molar-refractivity contribution is 5.69. The normalized spacial score (nSPS) is 12.1. The summed E-state index contributed by atoms with van der Waals surface area (Å²) in [7, 11) is 0. The van der Waals surface area contributed by atoms with Crippen molar-refractivity contribution in [3.63, 3.8) is 0 Å². The van der Waals surface area contributed by atoms with Crippen LogP contribution in [0.25, 0.3) is 0 Å². The van der Waals surface area contributed by atoms with Crippen molar-refractivity contribution in [1.82, 2.24) is 0 Å². The van der Waals surface area contributed by atoms with E-state index < -0.39 is 35.2 Å². The Balaban J connectivity index is 2.80. The summed E-state index contributed by atoms with van der Waals surface area (Å²) in [6.07, 6.45) is -9.79. The minimum absolute atomic E-state index is 0.0193. The van der Waals surface area contributed by atoms with Crippen molar-refractivity contribution in [1.29, 1.82) is 0 Å². The van der Waals surface area contributed by atoms with Gasteiger partial charge in [-0.3, -0.25) is 4.79 Å². The molecule has 0 aliphatic carbocycles. The summed E-state index contributed by atoms with van der Waals surface area (Å²) in [6, 6.07) is 0.991. The second kappa shape index (κ2) is 7.56. The maximum atomic E-state index is 12.6. The zero-order valence-electron chi connectivity index (χ0n) is 12.1. The van der Waals surface area contributed by atoms with E-state index in [1.807, 2.05) is 0 Å². The van der Waals surface area contributed by atoms with Crippen LogP contribution >= 0.6 is 0 Å². The molecule has 9 heteroatoms. The molecule has 0 saturated heterocycles. The Bertz CT molecular complexity index is 504. The fourth-order valence-corrected chi connectivity index (χ4v) is 1.65. The average molecular weight is 344 g/mol. The molecular formula is C14H14F6O3. The average Bonchev–Trinajstić information content (AvgIpc) is 2.42. The number of esters is 1. The number of halogens is 6. The first-order valence-electron chi connectivity index (χ1n) is 6.62. The predicted octanol–water partition coefficient (Wildman–Crippen LogP) is 4.45. The van der Waals surface area contributed by atoms with Crippen LogP contribution in [0.5, 0.6) is 5.75 Å². The molecule has 1 rings (SSSR count). The molecule has 0 N–H and O–H groups in total. The first kappa shape index (κ1) is 19.1. The molecule has 0 heterocycles. The predicted molar refractivity (Wildman–Crippen MR) is 67.8 cm³/mol. The summed E-state index contributed by atoms with van der Waals surface area (Å²) in [5.74, 6) is -1.08. The molecule has 0 spiro atoms. The molecule has 1 aromatic rings. The lowest BCUT2D eigenvalue weighted by Crippen LogP contribution is -2.12. The van der Waals surface area contributed by atoms with E-state index in [1.165, 1.54) is 0 Å². The summed E-state index contributed by atoms with van der Waals surface area (Å²) in [5.41, 5.74) is -2.90. The maximum absolute atomic E-state index is 12.6. The van der Waals surface area contributed by atoms with Crippen LogP contribution in [0.3, 0.4) is 0 Å². The molecular weight excluding hydrogens is 330 g/mol. The van der Waals surface area contributed by atoms with Crippen molar-refractivity contribution in [3.8, 4) is 5.75 Å². The molecule has 0 aliphatic rings. The van der Waals surface area contributed by atoms with Crippen molar-refractivity contribution in [3.05, 3.63) is 29.3 Å². The topological polar surface area (TPSA) is 35.5 Å². The Hall–Kier alpha value is -1.93. The van der Waals surface area contributed by atoms with E-state index in [4.69, 9.17) is 4.74 Å².